The minimum Gasteiger partial charge on any atom is -0.481 e. The second-order valence-corrected chi connectivity index (χ2v) is 4.86. The summed E-state index contributed by atoms with van der Waals surface area (Å²) in [6.07, 6.45) is -1.02. The van der Waals surface area contributed by atoms with Gasteiger partial charge in [-0.15, -0.1) is 11.3 Å². The van der Waals surface area contributed by atoms with E-state index in [0.29, 0.717) is 6.54 Å². The van der Waals surface area contributed by atoms with Gasteiger partial charge in [0.25, 0.3) is 0 Å². The Balaban J connectivity index is 2.45. The largest absolute Gasteiger partial charge is 0.481 e. The van der Waals surface area contributed by atoms with E-state index in [2.05, 4.69) is 0 Å². The zero-order chi connectivity index (χ0) is 12.1. The second kappa shape index (κ2) is 5.98. The Morgan fingerprint density at radius 2 is 2.31 bits per heavy atom. The molecule has 1 aromatic heterocycles. The van der Waals surface area contributed by atoms with Crippen molar-refractivity contribution in [2.75, 3.05) is 13.6 Å². The van der Waals surface area contributed by atoms with E-state index in [1.807, 2.05) is 36.4 Å². The van der Waals surface area contributed by atoms with E-state index < -0.39 is 12.1 Å². The molecule has 0 amide bonds. The number of hydrogen-bond donors (Lipinski definition) is 2. The molecule has 2 N–H and O–H groups in total. The van der Waals surface area contributed by atoms with Crippen molar-refractivity contribution in [2.45, 2.75) is 25.5 Å². The molecule has 1 rings (SSSR count). The third kappa shape index (κ3) is 3.92. The Morgan fingerprint density at radius 1 is 1.62 bits per heavy atom. The first-order valence-corrected chi connectivity index (χ1v) is 6.02. The summed E-state index contributed by atoms with van der Waals surface area (Å²) in [6.45, 7) is 2.41. The summed E-state index contributed by atoms with van der Waals surface area (Å²) in [6, 6.07) is 4.22. The summed E-state index contributed by atoms with van der Waals surface area (Å²) in [5, 5.41) is 20.1. The standard InChI is InChI=1S/C11H17NO3S/c1-8(10-4-3-5-16-10)12(2)7-9(13)6-11(14)15/h3-5,8-9,13H,6-7H2,1-2H3,(H,14,15). The maximum atomic E-state index is 10.4. The minimum atomic E-state index is -0.968. The van der Waals surface area contributed by atoms with Crippen molar-refractivity contribution in [3.05, 3.63) is 22.4 Å². The van der Waals surface area contributed by atoms with Crippen LogP contribution in [0, 0.1) is 0 Å². The summed E-state index contributed by atoms with van der Waals surface area (Å²) in [5.41, 5.74) is 0. The number of aliphatic hydroxyl groups excluding tert-OH is 1. The predicted octanol–water partition coefficient (Wildman–Crippen LogP) is 1.58. The van der Waals surface area contributed by atoms with Crippen molar-refractivity contribution in [1.82, 2.24) is 4.90 Å². The minimum absolute atomic E-state index is 0.198. The van der Waals surface area contributed by atoms with Crippen LogP contribution in [0.3, 0.4) is 0 Å². The van der Waals surface area contributed by atoms with E-state index in [0.717, 1.165) is 0 Å². The Kier molecular flexibility index (Phi) is 4.92. The lowest BCUT2D eigenvalue weighted by molar-refractivity contribution is -0.139. The number of carboxylic acids is 1. The van der Waals surface area contributed by atoms with Crippen LogP contribution >= 0.6 is 11.3 Å². The maximum Gasteiger partial charge on any atom is 0.306 e. The monoisotopic (exact) mass is 243 g/mol. The second-order valence-electron chi connectivity index (χ2n) is 3.88. The van der Waals surface area contributed by atoms with Crippen LogP contribution in [0.15, 0.2) is 17.5 Å². The fourth-order valence-corrected chi connectivity index (χ4v) is 2.35. The molecule has 16 heavy (non-hydrogen) atoms. The molecule has 0 fully saturated rings. The molecule has 0 aliphatic heterocycles. The summed E-state index contributed by atoms with van der Waals surface area (Å²) in [7, 11) is 1.88. The lowest BCUT2D eigenvalue weighted by atomic mass is 10.2. The van der Waals surface area contributed by atoms with E-state index >= 15 is 0 Å². The first kappa shape index (κ1) is 13.2. The highest BCUT2D eigenvalue weighted by Gasteiger charge is 2.17. The third-order valence-electron chi connectivity index (χ3n) is 2.53. The molecule has 0 aliphatic carbocycles. The molecule has 2 atom stereocenters. The van der Waals surface area contributed by atoms with Gasteiger partial charge >= 0.3 is 5.97 Å². The van der Waals surface area contributed by atoms with Crippen molar-refractivity contribution < 1.29 is 15.0 Å². The van der Waals surface area contributed by atoms with Gasteiger partial charge in [-0.25, -0.2) is 0 Å². The third-order valence-corrected chi connectivity index (χ3v) is 3.57. The molecule has 5 heteroatoms. The van der Waals surface area contributed by atoms with Gasteiger partial charge in [0.2, 0.25) is 0 Å². The van der Waals surface area contributed by atoms with Crippen molar-refractivity contribution >= 4 is 17.3 Å². The van der Waals surface area contributed by atoms with E-state index in [1.54, 1.807) is 11.3 Å². The molecule has 1 aromatic rings. The molecule has 90 valence electrons. The zero-order valence-electron chi connectivity index (χ0n) is 9.46. The lowest BCUT2D eigenvalue weighted by Crippen LogP contribution is -2.32. The highest BCUT2D eigenvalue weighted by molar-refractivity contribution is 7.10. The van der Waals surface area contributed by atoms with E-state index in [-0.39, 0.29) is 12.5 Å². The molecule has 4 nitrogen and oxygen atoms in total. The molecule has 0 spiro atoms. The van der Waals surface area contributed by atoms with Crippen LogP contribution < -0.4 is 0 Å². The Morgan fingerprint density at radius 3 is 2.81 bits per heavy atom. The molecule has 0 saturated carbocycles. The van der Waals surface area contributed by atoms with Crippen molar-refractivity contribution in [3.8, 4) is 0 Å². The van der Waals surface area contributed by atoms with Crippen LogP contribution in [-0.4, -0.2) is 40.8 Å². The molecular formula is C11H17NO3S. The van der Waals surface area contributed by atoms with Gasteiger partial charge in [-0.05, 0) is 25.4 Å². The highest BCUT2D eigenvalue weighted by Crippen LogP contribution is 2.23. The fourth-order valence-electron chi connectivity index (χ4n) is 1.50. The quantitative estimate of drug-likeness (QED) is 0.796. The van der Waals surface area contributed by atoms with Gasteiger partial charge in [0.15, 0.2) is 0 Å². The molecular weight excluding hydrogens is 226 g/mol. The lowest BCUT2D eigenvalue weighted by Gasteiger charge is -2.25. The summed E-state index contributed by atoms with van der Waals surface area (Å²) < 4.78 is 0. The van der Waals surface area contributed by atoms with Crippen LogP contribution in [0.4, 0.5) is 0 Å². The average Bonchev–Trinajstić information content (AvgIpc) is 2.67. The van der Waals surface area contributed by atoms with Crippen molar-refractivity contribution in [2.24, 2.45) is 0 Å². The topological polar surface area (TPSA) is 60.8 Å². The number of aliphatic carboxylic acids is 1. The van der Waals surface area contributed by atoms with Gasteiger partial charge in [-0.1, -0.05) is 6.07 Å². The Bertz CT molecular complexity index is 326. The van der Waals surface area contributed by atoms with Crippen LogP contribution in [0.2, 0.25) is 0 Å². The Hall–Kier alpha value is -0.910. The summed E-state index contributed by atoms with van der Waals surface area (Å²) >= 11 is 1.66. The van der Waals surface area contributed by atoms with Gasteiger partial charge in [0, 0.05) is 17.5 Å². The average molecular weight is 243 g/mol. The number of likely N-dealkylation sites (N-methyl/N-ethyl adjacent to an activating group) is 1. The first-order valence-electron chi connectivity index (χ1n) is 5.14. The van der Waals surface area contributed by atoms with Gasteiger partial charge in [-0.3, -0.25) is 9.69 Å². The molecule has 2 unspecified atom stereocenters. The number of rotatable bonds is 6. The summed E-state index contributed by atoms with van der Waals surface area (Å²) in [5.74, 6) is -0.968. The number of hydrogen-bond acceptors (Lipinski definition) is 4. The number of carbonyl (C=O) groups is 1. The van der Waals surface area contributed by atoms with Crippen LogP contribution in [0.1, 0.15) is 24.3 Å². The smallest absolute Gasteiger partial charge is 0.306 e. The van der Waals surface area contributed by atoms with E-state index in [9.17, 15) is 9.90 Å². The predicted molar refractivity (Wildman–Crippen MR) is 63.6 cm³/mol. The first-order chi connectivity index (χ1) is 7.50. The molecule has 0 bridgehead atoms. The number of carboxylic acid groups (broad SMARTS) is 1. The molecule has 0 saturated heterocycles. The maximum absolute atomic E-state index is 10.4. The van der Waals surface area contributed by atoms with Gasteiger partial charge < -0.3 is 10.2 Å². The number of nitrogens with zero attached hydrogens (tertiary/aromatic N) is 1. The zero-order valence-corrected chi connectivity index (χ0v) is 10.3. The van der Waals surface area contributed by atoms with Gasteiger partial charge in [-0.2, -0.15) is 0 Å². The summed E-state index contributed by atoms with van der Waals surface area (Å²) in [4.78, 5) is 13.6. The fraction of sp³-hybridized carbons (Fsp3) is 0.545. The number of thiophene rings is 1. The van der Waals surface area contributed by atoms with Crippen molar-refractivity contribution in [3.63, 3.8) is 0 Å². The highest BCUT2D eigenvalue weighted by atomic mass is 32.1. The van der Waals surface area contributed by atoms with Crippen molar-refractivity contribution in [1.29, 1.82) is 0 Å². The number of aliphatic hydroxyl groups is 1. The van der Waals surface area contributed by atoms with E-state index in [1.165, 1.54) is 4.88 Å². The van der Waals surface area contributed by atoms with Crippen LogP contribution in [0.25, 0.3) is 0 Å². The van der Waals surface area contributed by atoms with Gasteiger partial charge in [0.1, 0.15) is 0 Å². The molecule has 1 heterocycles. The molecule has 0 aromatic carbocycles. The SMILES string of the molecule is CC(c1cccs1)N(C)CC(O)CC(=O)O. The van der Waals surface area contributed by atoms with Crippen LogP contribution in [0.5, 0.6) is 0 Å². The normalized spacial score (nSPS) is 15.0. The Labute approximate surface area is 99.1 Å². The van der Waals surface area contributed by atoms with Crippen LogP contribution in [-0.2, 0) is 4.79 Å². The van der Waals surface area contributed by atoms with Gasteiger partial charge in [0.05, 0.1) is 12.5 Å². The molecule has 0 aliphatic rings. The van der Waals surface area contributed by atoms with E-state index in [4.69, 9.17) is 5.11 Å². The molecule has 0 radical (unpaired) electrons.